The number of sulfonamides is 1. The highest BCUT2D eigenvalue weighted by atomic mass is 32.2. The molecular weight excluding hydrogens is 419 g/mol. The van der Waals surface area contributed by atoms with Gasteiger partial charge in [0.15, 0.2) is 0 Å². The van der Waals surface area contributed by atoms with E-state index in [1.807, 2.05) is 0 Å². The minimum absolute atomic E-state index is 0.117. The summed E-state index contributed by atoms with van der Waals surface area (Å²) in [7, 11) is -3.61. The second kappa shape index (κ2) is 10.9. The van der Waals surface area contributed by atoms with Crippen LogP contribution in [0.15, 0.2) is 64.3 Å². The number of aliphatic imine (C=N–C) groups is 1. The van der Waals surface area contributed by atoms with Crippen LogP contribution in [0.5, 0.6) is 0 Å². The molecule has 0 radical (unpaired) electrons. The second-order valence-corrected chi connectivity index (χ2v) is 7.75. The Hall–Kier alpha value is -2.72. The standard InChI is InChI=1S/C20H24F3N3O3S/c1-5-15(16-9-8-10-17(13-16)30(28,29)24-7-3)12-11-14(4)25-18(6-2)26-19(27)20(21,22)23/h5-6,8-13,24H,7H2,1-4H3,(H,26,27)/b12-11-,15-5+,18-6+,25-14-. The lowest BCUT2D eigenvalue weighted by atomic mass is 10.1. The quantitative estimate of drug-likeness (QED) is 0.471. The van der Waals surface area contributed by atoms with E-state index >= 15 is 0 Å². The summed E-state index contributed by atoms with van der Waals surface area (Å²) < 4.78 is 63.9. The largest absolute Gasteiger partial charge is 0.471 e. The summed E-state index contributed by atoms with van der Waals surface area (Å²) in [4.78, 5) is 15.1. The Bertz CT molecular complexity index is 992. The van der Waals surface area contributed by atoms with Crippen molar-refractivity contribution in [2.24, 2.45) is 4.99 Å². The summed E-state index contributed by atoms with van der Waals surface area (Å²) in [5, 5.41) is 1.69. The van der Waals surface area contributed by atoms with E-state index in [0.29, 0.717) is 16.8 Å². The van der Waals surface area contributed by atoms with E-state index in [9.17, 15) is 26.4 Å². The Labute approximate surface area is 174 Å². The van der Waals surface area contributed by atoms with E-state index in [1.165, 1.54) is 25.1 Å². The molecule has 164 valence electrons. The highest BCUT2D eigenvalue weighted by molar-refractivity contribution is 7.89. The van der Waals surface area contributed by atoms with Crippen molar-refractivity contribution in [1.82, 2.24) is 10.0 Å². The van der Waals surface area contributed by atoms with Crippen molar-refractivity contribution in [3.63, 3.8) is 0 Å². The predicted octanol–water partition coefficient (Wildman–Crippen LogP) is 3.95. The van der Waals surface area contributed by atoms with Gasteiger partial charge in [0.25, 0.3) is 0 Å². The fourth-order valence-corrected chi connectivity index (χ4v) is 3.35. The molecule has 0 atom stereocenters. The molecule has 6 nitrogen and oxygen atoms in total. The van der Waals surface area contributed by atoms with Gasteiger partial charge in [-0.05, 0) is 56.2 Å². The first-order chi connectivity index (χ1) is 13.9. The number of halogens is 3. The maximum absolute atomic E-state index is 12.4. The minimum Gasteiger partial charge on any atom is -0.303 e. The molecule has 0 unspecified atom stereocenters. The van der Waals surface area contributed by atoms with Gasteiger partial charge in [0, 0.05) is 12.3 Å². The summed E-state index contributed by atoms with van der Waals surface area (Å²) in [5.74, 6) is -2.34. The molecule has 0 saturated heterocycles. The third kappa shape index (κ3) is 7.60. The first-order valence-corrected chi connectivity index (χ1v) is 10.5. The van der Waals surface area contributed by atoms with E-state index in [-0.39, 0.29) is 17.3 Å². The molecule has 0 aromatic heterocycles. The van der Waals surface area contributed by atoms with Crippen LogP contribution in [-0.2, 0) is 14.8 Å². The predicted molar refractivity (Wildman–Crippen MR) is 111 cm³/mol. The van der Waals surface area contributed by atoms with E-state index in [4.69, 9.17) is 0 Å². The molecule has 10 heteroatoms. The molecule has 1 amide bonds. The van der Waals surface area contributed by atoms with Gasteiger partial charge in [-0.1, -0.05) is 31.2 Å². The second-order valence-electron chi connectivity index (χ2n) is 5.99. The number of benzene rings is 1. The molecule has 0 spiro atoms. The van der Waals surface area contributed by atoms with Gasteiger partial charge in [0.1, 0.15) is 5.82 Å². The monoisotopic (exact) mass is 443 g/mol. The van der Waals surface area contributed by atoms with Crippen molar-refractivity contribution in [1.29, 1.82) is 0 Å². The fraction of sp³-hybridized carbons (Fsp3) is 0.300. The Kier molecular flexibility index (Phi) is 9.19. The van der Waals surface area contributed by atoms with Gasteiger partial charge in [-0.3, -0.25) is 4.79 Å². The third-order valence-corrected chi connectivity index (χ3v) is 5.24. The minimum atomic E-state index is -5.01. The smallest absolute Gasteiger partial charge is 0.303 e. The van der Waals surface area contributed by atoms with Crippen LogP contribution in [0.1, 0.15) is 33.3 Å². The van der Waals surface area contributed by atoms with E-state index in [0.717, 1.165) is 0 Å². The third-order valence-electron chi connectivity index (χ3n) is 3.70. The SMILES string of the molecule is C\C=C(/N=C(C)\C=C/C(=C\C)c1cccc(S(=O)(=O)NCC)c1)NC(=O)C(F)(F)F. The molecule has 0 heterocycles. The zero-order valence-corrected chi connectivity index (χ0v) is 17.9. The average Bonchev–Trinajstić information content (AvgIpc) is 2.67. The Morgan fingerprint density at radius 2 is 1.83 bits per heavy atom. The summed E-state index contributed by atoms with van der Waals surface area (Å²) >= 11 is 0. The fourth-order valence-electron chi connectivity index (χ4n) is 2.26. The van der Waals surface area contributed by atoms with Crippen LogP contribution >= 0.6 is 0 Å². The average molecular weight is 443 g/mol. The van der Waals surface area contributed by atoms with Gasteiger partial charge in [0.2, 0.25) is 10.0 Å². The van der Waals surface area contributed by atoms with E-state index < -0.39 is 22.1 Å². The number of nitrogens with zero attached hydrogens (tertiary/aromatic N) is 1. The van der Waals surface area contributed by atoms with E-state index in [2.05, 4.69) is 9.71 Å². The highest BCUT2D eigenvalue weighted by Crippen LogP contribution is 2.20. The molecule has 1 rings (SSSR count). The first-order valence-electron chi connectivity index (χ1n) is 8.98. The van der Waals surface area contributed by atoms with Gasteiger partial charge in [-0.15, -0.1) is 0 Å². The highest BCUT2D eigenvalue weighted by Gasteiger charge is 2.38. The molecule has 0 bridgehead atoms. The molecule has 0 aliphatic rings. The van der Waals surface area contributed by atoms with Crippen molar-refractivity contribution in [3.8, 4) is 0 Å². The van der Waals surface area contributed by atoms with Gasteiger partial charge >= 0.3 is 12.1 Å². The number of hydrogen-bond donors (Lipinski definition) is 2. The number of amides is 1. The first kappa shape index (κ1) is 25.3. The zero-order chi connectivity index (χ0) is 22.9. The van der Waals surface area contributed by atoms with Crippen molar-refractivity contribution < 1.29 is 26.4 Å². The van der Waals surface area contributed by atoms with Gasteiger partial charge in [-0.25, -0.2) is 18.1 Å². The van der Waals surface area contributed by atoms with Crippen LogP contribution < -0.4 is 10.0 Å². The number of rotatable bonds is 8. The molecule has 0 aliphatic carbocycles. The molecule has 30 heavy (non-hydrogen) atoms. The van der Waals surface area contributed by atoms with Crippen molar-refractivity contribution in [2.45, 2.75) is 38.8 Å². The molecule has 2 N–H and O–H groups in total. The number of alkyl halides is 3. The topological polar surface area (TPSA) is 87.6 Å². The van der Waals surface area contributed by atoms with Gasteiger partial charge in [-0.2, -0.15) is 13.2 Å². The van der Waals surface area contributed by atoms with Gasteiger partial charge in [0.05, 0.1) is 4.90 Å². The van der Waals surface area contributed by atoms with Gasteiger partial charge < -0.3 is 5.32 Å². The number of nitrogens with one attached hydrogen (secondary N) is 2. The summed E-state index contributed by atoms with van der Waals surface area (Å²) in [6, 6.07) is 6.35. The molecule has 1 aromatic carbocycles. The van der Waals surface area contributed by atoms with Crippen LogP contribution in [-0.4, -0.2) is 32.8 Å². The lowest BCUT2D eigenvalue weighted by molar-refractivity contribution is -0.172. The number of carbonyl (C=O) groups is 1. The number of allylic oxidation sites excluding steroid dienone is 5. The Morgan fingerprint density at radius 1 is 1.17 bits per heavy atom. The summed E-state index contributed by atoms with van der Waals surface area (Å²) in [6.07, 6.45) is 1.18. The van der Waals surface area contributed by atoms with Crippen LogP contribution in [0, 0.1) is 0 Å². The van der Waals surface area contributed by atoms with Crippen LogP contribution in [0.2, 0.25) is 0 Å². The number of hydrogen-bond acceptors (Lipinski definition) is 4. The Balaban J connectivity index is 3.07. The van der Waals surface area contributed by atoms with Crippen LogP contribution in [0.3, 0.4) is 0 Å². The molecule has 0 aliphatic heterocycles. The van der Waals surface area contributed by atoms with E-state index in [1.54, 1.807) is 56.4 Å². The molecule has 1 aromatic rings. The lowest BCUT2D eigenvalue weighted by Gasteiger charge is -2.09. The molecule has 0 saturated carbocycles. The normalized spacial score (nSPS) is 14.3. The maximum Gasteiger partial charge on any atom is 0.471 e. The van der Waals surface area contributed by atoms with Crippen LogP contribution in [0.25, 0.3) is 5.57 Å². The van der Waals surface area contributed by atoms with Crippen molar-refractivity contribution in [2.75, 3.05) is 6.54 Å². The number of carbonyl (C=O) groups excluding carboxylic acids is 1. The maximum atomic E-state index is 12.4. The zero-order valence-electron chi connectivity index (χ0n) is 17.0. The Morgan fingerprint density at radius 3 is 2.37 bits per heavy atom. The van der Waals surface area contributed by atoms with Crippen LogP contribution in [0.4, 0.5) is 13.2 Å². The van der Waals surface area contributed by atoms with Crippen molar-refractivity contribution >= 4 is 27.2 Å². The summed E-state index contributed by atoms with van der Waals surface area (Å²) in [5.41, 5.74) is 1.65. The molecular formula is C20H24F3N3O3S. The lowest BCUT2D eigenvalue weighted by Crippen LogP contribution is -2.35. The summed E-state index contributed by atoms with van der Waals surface area (Å²) in [6.45, 7) is 6.70. The van der Waals surface area contributed by atoms with Crippen molar-refractivity contribution in [3.05, 3.63) is 60.0 Å². The molecule has 0 fully saturated rings.